The molecule has 0 saturated carbocycles. The first-order valence-electron chi connectivity index (χ1n) is 7.05. The minimum atomic E-state index is -0.113. The molecule has 1 aromatic rings. The second kappa shape index (κ2) is 10.9. The van der Waals surface area contributed by atoms with E-state index in [0.29, 0.717) is 12.2 Å². The first-order chi connectivity index (χ1) is 9.21. The Morgan fingerprint density at radius 2 is 1.95 bits per heavy atom. The molecule has 0 amide bonds. The van der Waals surface area contributed by atoms with E-state index in [0.717, 1.165) is 31.2 Å². The summed E-state index contributed by atoms with van der Waals surface area (Å²) < 4.78 is 5.47. The third-order valence-corrected chi connectivity index (χ3v) is 3.08. The van der Waals surface area contributed by atoms with Crippen LogP contribution in [0.2, 0.25) is 0 Å². The quantitative estimate of drug-likeness (QED) is 0.453. The number of rotatable bonds is 8. The molecular formula is C16H24CoNO2-. The summed E-state index contributed by atoms with van der Waals surface area (Å²) in [5, 5.41) is 0. The van der Waals surface area contributed by atoms with Crippen LogP contribution < -0.4 is 10.5 Å². The summed E-state index contributed by atoms with van der Waals surface area (Å²) in [5.41, 5.74) is 6.46. The van der Waals surface area contributed by atoms with E-state index in [-0.39, 0.29) is 28.7 Å². The van der Waals surface area contributed by atoms with Gasteiger partial charge >= 0.3 is 5.97 Å². The van der Waals surface area contributed by atoms with Gasteiger partial charge in [0.25, 0.3) is 0 Å². The van der Waals surface area contributed by atoms with E-state index in [1.165, 1.54) is 0 Å². The minimum absolute atomic E-state index is 0. The molecule has 0 unspecified atom stereocenters. The topological polar surface area (TPSA) is 52.3 Å². The maximum absolute atomic E-state index is 12.1. The van der Waals surface area contributed by atoms with Gasteiger partial charge in [0.1, 0.15) is 5.75 Å². The molecule has 115 valence electrons. The molecule has 0 saturated heterocycles. The zero-order valence-corrected chi connectivity index (χ0v) is 13.3. The van der Waals surface area contributed by atoms with E-state index in [9.17, 15) is 4.79 Å². The number of carbonyl (C=O) groups excluding carboxylic acids is 1. The molecular weight excluding hydrogens is 297 g/mol. The van der Waals surface area contributed by atoms with Crippen molar-refractivity contribution in [2.75, 3.05) is 0 Å². The normalized spacial score (nSPS) is 10.2. The minimum Gasteiger partial charge on any atom is -0.483 e. The van der Waals surface area contributed by atoms with Crippen molar-refractivity contribution in [2.45, 2.75) is 46.0 Å². The fourth-order valence-corrected chi connectivity index (χ4v) is 2.15. The Morgan fingerprint density at radius 3 is 2.50 bits per heavy atom. The molecule has 2 N–H and O–H groups in total. The van der Waals surface area contributed by atoms with Crippen molar-refractivity contribution in [1.29, 1.82) is 0 Å². The molecule has 0 fully saturated rings. The smallest absolute Gasteiger partial charge is 0.314 e. The Balaban J connectivity index is 0.00000361. The average Bonchev–Trinajstić information content (AvgIpc) is 2.39. The van der Waals surface area contributed by atoms with Crippen LogP contribution in [0.15, 0.2) is 24.3 Å². The largest absolute Gasteiger partial charge is 0.483 e. The molecule has 0 atom stereocenters. The van der Waals surface area contributed by atoms with E-state index in [1.54, 1.807) is 6.54 Å². The monoisotopic (exact) mass is 321 g/mol. The SMILES string of the molecule is CCCC(CCC)C(=O)Oc1cccc(C[CH-]N)c1.[Co]. The Bertz CT molecular complexity index is 390. The second-order valence-corrected chi connectivity index (χ2v) is 4.78. The molecule has 0 aliphatic heterocycles. The van der Waals surface area contributed by atoms with Crippen LogP contribution in [-0.2, 0) is 28.0 Å². The van der Waals surface area contributed by atoms with Gasteiger partial charge < -0.3 is 10.5 Å². The Hall–Kier alpha value is -0.844. The summed E-state index contributed by atoms with van der Waals surface area (Å²) in [6.45, 7) is 5.78. The van der Waals surface area contributed by atoms with Crippen LogP contribution in [0.5, 0.6) is 5.75 Å². The van der Waals surface area contributed by atoms with Crippen molar-refractivity contribution in [3.63, 3.8) is 0 Å². The molecule has 0 spiro atoms. The number of benzene rings is 1. The number of carbonyl (C=O) groups is 1. The van der Waals surface area contributed by atoms with Crippen LogP contribution in [0, 0.1) is 12.5 Å². The Labute approximate surface area is 132 Å². The van der Waals surface area contributed by atoms with Crippen LogP contribution in [0.4, 0.5) is 0 Å². The van der Waals surface area contributed by atoms with Crippen LogP contribution in [0.1, 0.15) is 45.1 Å². The fourth-order valence-electron chi connectivity index (χ4n) is 2.15. The maximum atomic E-state index is 12.1. The Kier molecular flexibility index (Phi) is 10.4. The third kappa shape index (κ3) is 6.55. The van der Waals surface area contributed by atoms with E-state index < -0.39 is 0 Å². The molecule has 1 aromatic carbocycles. The first kappa shape index (κ1) is 19.2. The van der Waals surface area contributed by atoms with Crippen molar-refractivity contribution < 1.29 is 26.3 Å². The van der Waals surface area contributed by atoms with Crippen LogP contribution in [-0.4, -0.2) is 5.97 Å². The van der Waals surface area contributed by atoms with Crippen molar-refractivity contribution in [3.05, 3.63) is 36.4 Å². The van der Waals surface area contributed by atoms with Gasteiger partial charge in [0.15, 0.2) is 0 Å². The molecule has 0 aromatic heterocycles. The van der Waals surface area contributed by atoms with Gasteiger partial charge in [0.05, 0.1) is 5.92 Å². The van der Waals surface area contributed by atoms with Gasteiger partial charge in [-0.15, -0.1) is 6.42 Å². The number of hydrogen-bond acceptors (Lipinski definition) is 3. The summed E-state index contributed by atoms with van der Waals surface area (Å²) in [7, 11) is 0. The van der Waals surface area contributed by atoms with Crippen molar-refractivity contribution in [3.8, 4) is 5.75 Å². The molecule has 1 radical (unpaired) electrons. The van der Waals surface area contributed by atoms with Crippen molar-refractivity contribution in [2.24, 2.45) is 11.7 Å². The predicted octanol–water partition coefficient (Wildman–Crippen LogP) is 3.47. The number of nitrogens with two attached hydrogens (primary N) is 1. The molecule has 3 nitrogen and oxygen atoms in total. The van der Waals surface area contributed by atoms with Crippen LogP contribution in [0.3, 0.4) is 0 Å². The van der Waals surface area contributed by atoms with Gasteiger partial charge in [-0.3, -0.25) is 11.3 Å². The maximum Gasteiger partial charge on any atom is 0.314 e. The molecule has 0 bridgehead atoms. The average molecular weight is 321 g/mol. The first-order valence-corrected chi connectivity index (χ1v) is 7.05. The van der Waals surface area contributed by atoms with E-state index in [4.69, 9.17) is 10.5 Å². The molecule has 0 aliphatic carbocycles. The third-order valence-electron chi connectivity index (χ3n) is 3.08. The number of hydrogen-bond donors (Lipinski definition) is 1. The van der Waals surface area contributed by atoms with Gasteiger partial charge in [-0.05, 0) is 25.0 Å². The van der Waals surface area contributed by atoms with E-state index in [1.807, 2.05) is 24.3 Å². The van der Waals surface area contributed by atoms with Crippen LogP contribution in [0.25, 0.3) is 0 Å². The van der Waals surface area contributed by atoms with Gasteiger partial charge in [0.2, 0.25) is 0 Å². The summed E-state index contributed by atoms with van der Waals surface area (Å²) in [4.78, 5) is 12.1. The fraction of sp³-hybridized carbons (Fsp3) is 0.500. The number of esters is 1. The molecule has 0 aliphatic rings. The Morgan fingerprint density at radius 1 is 1.30 bits per heavy atom. The van der Waals surface area contributed by atoms with Crippen molar-refractivity contribution >= 4 is 5.97 Å². The van der Waals surface area contributed by atoms with E-state index >= 15 is 0 Å². The predicted molar refractivity (Wildman–Crippen MR) is 77.6 cm³/mol. The van der Waals surface area contributed by atoms with Gasteiger partial charge in [-0.25, -0.2) is 0 Å². The zero-order valence-electron chi connectivity index (χ0n) is 12.2. The summed E-state index contributed by atoms with van der Waals surface area (Å²) in [6.07, 6.45) is 4.47. The van der Waals surface area contributed by atoms with Crippen molar-refractivity contribution in [1.82, 2.24) is 0 Å². The molecule has 1 rings (SSSR count). The molecule has 0 heterocycles. The van der Waals surface area contributed by atoms with E-state index in [2.05, 4.69) is 13.8 Å². The molecule has 4 heteroatoms. The summed E-state index contributed by atoms with van der Waals surface area (Å²) in [5.74, 6) is 0.513. The number of ether oxygens (including phenoxy) is 1. The molecule has 20 heavy (non-hydrogen) atoms. The zero-order chi connectivity index (χ0) is 14.1. The van der Waals surface area contributed by atoms with Crippen LogP contribution >= 0.6 is 0 Å². The van der Waals surface area contributed by atoms with Gasteiger partial charge in [0, 0.05) is 16.8 Å². The summed E-state index contributed by atoms with van der Waals surface area (Å²) >= 11 is 0. The second-order valence-electron chi connectivity index (χ2n) is 4.78. The van der Waals surface area contributed by atoms with Gasteiger partial charge in [-0.1, -0.05) is 44.4 Å². The summed E-state index contributed by atoms with van der Waals surface area (Å²) in [6, 6.07) is 7.54. The standard InChI is InChI=1S/C16H24NO2.Co/c1-3-6-14(7-4-2)16(18)19-15-9-5-8-13(12-15)10-11-17;/h5,8-9,11-12,14H,3-4,6-7,10,17H2,1-2H3;/q-1;. The van der Waals surface area contributed by atoms with Gasteiger partial charge in [-0.2, -0.15) is 0 Å².